The maximum absolute atomic E-state index is 3.92. The van der Waals surface area contributed by atoms with Crippen LogP contribution in [0.1, 0.15) is 24.4 Å². The van der Waals surface area contributed by atoms with E-state index in [4.69, 9.17) is 0 Å². The number of hydrogen-bond acceptors (Lipinski definition) is 4. The van der Waals surface area contributed by atoms with Crippen molar-refractivity contribution in [3.05, 3.63) is 53.9 Å². The van der Waals surface area contributed by atoms with Crippen molar-refractivity contribution in [2.24, 2.45) is 0 Å². The van der Waals surface area contributed by atoms with Gasteiger partial charge in [0, 0.05) is 6.04 Å². The van der Waals surface area contributed by atoms with Crippen LogP contribution >= 0.6 is 0 Å². The zero-order valence-corrected chi connectivity index (χ0v) is 10.7. The Balaban J connectivity index is 1.75. The second kappa shape index (κ2) is 5.16. The Morgan fingerprint density at radius 2 is 2.00 bits per heavy atom. The van der Waals surface area contributed by atoms with Gasteiger partial charge < -0.3 is 5.32 Å². The van der Waals surface area contributed by atoms with Crippen LogP contribution in [0.15, 0.2) is 42.5 Å². The molecule has 1 heterocycles. The second-order valence-electron chi connectivity index (χ2n) is 4.54. The number of H-pyrrole nitrogens is 1. The molecule has 5 heteroatoms. The number of fused-ring (bicyclic) bond motifs is 1. The molecule has 1 aromatic heterocycles. The van der Waals surface area contributed by atoms with E-state index in [0.717, 1.165) is 0 Å². The van der Waals surface area contributed by atoms with E-state index in [1.807, 2.05) is 0 Å². The minimum absolute atomic E-state index is 0.239. The van der Waals surface area contributed by atoms with Gasteiger partial charge in [-0.15, -0.1) is 10.2 Å². The highest BCUT2D eigenvalue weighted by Gasteiger charge is 2.07. The van der Waals surface area contributed by atoms with Crippen LogP contribution in [0.4, 0.5) is 0 Å². The Kier molecular flexibility index (Phi) is 3.20. The van der Waals surface area contributed by atoms with Gasteiger partial charge in [0.25, 0.3) is 0 Å². The largest absolute Gasteiger partial charge is 0.303 e. The van der Waals surface area contributed by atoms with Crippen LogP contribution in [0.5, 0.6) is 0 Å². The molecule has 0 saturated carbocycles. The van der Waals surface area contributed by atoms with Crippen LogP contribution in [0, 0.1) is 0 Å². The lowest BCUT2D eigenvalue weighted by molar-refractivity contribution is 0.560. The Morgan fingerprint density at radius 1 is 1.16 bits per heavy atom. The third-order valence-corrected chi connectivity index (χ3v) is 3.23. The monoisotopic (exact) mass is 253 g/mol. The van der Waals surface area contributed by atoms with Gasteiger partial charge in [-0.25, -0.2) is 0 Å². The van der Waals surface area contributed by atoms with Crippen molar-refractivity contribution in [2.75, 3.05) is 0 Å². The van der Waals surface area contributed by atoms with Crippen LogP contribution in [0.25, 0.3) is 10.8 Å². The van der Waals surface area contributed by atoms with Crippen molar-refractivity contribution in [3.8, 4) is 0 Å². The summed E-state index contributed by atoms with van der Waals surface area (Å²) in [5.74, 6) is 0.674. The molecule has 0 spiro atoms. The van der Waals surface area contributed by atoms with Gasteiger partial charge in [0.15, 0.2) is 5.82 Å². The summed E-state index contributed by atoms with van der Waals surface area (Å²) in [7, 11) is 0. The average Bonchev–Trinajstić information content (AvgIpc) is 2.97. The number of benzene rings is 2. The maximum atomic E-state index is 3.92. The quantitative estimate of drug-likeness (QED) is 0.748. The zero-order valence-electron chi connectivity index (χ0n) is 10.7. The normalized spacial score (nSPS) is 12.7. The van der Waals surface area contributed by atoms with Crippen molar-refractivity contribution in [3.63, 3.8) is 0 Å². The number of tetrazole rings is 1. The summed E-state index contributed by atoms with van der Waals surface area (Å²) in [6.07, 6.45) is 0. The zero-order chi connectivity index (χ0) is 13.1. The predicted molar refractivity (Wildman–Crippen MR) is 73.4 cm³/mol. The molecule has 3 aromatic rings. The van der Waals surface area contributed by atoms with E-state index in [-0.39, 0.29) is 6.04 Å². The lowest BCUT2D eigenvalue weighted by atomic mass is 10.0. The van der Waals surface area contributed by atoms with E-state index in [0.29, 0.717) is 12.4 Å². The first-order valence-corrected chi connectivity index (χ1v) is 6.27. The number of nitrogens with zero attached hydrogens (tertiary/aromatic N) is 3. The topological polar surface area (TPSA) is 66.5 Å². The molecule has 3 rings (SSSR count). The van der Waals surface area contributed by atoms with Gasteiger partial charge in [-0.1, -0.05) is 41.6 Å². The molecule has 1 atom stereocenters. The minimum atomic E-state index is 0.239. The van der Waals surface area contributed by atoms with Gasteiger partial charge in [0.2, 0.25) is 0 Å². The molecular formula is C14H15N5. The molecule has 1 unspecified atom stereocenters. The van der Waals surface area contributed by atoms with E-state index >= 15 is 0 Å². The van der Waals surface area contributed by atoms with E-state index in [2.05, 4.69) is 75.3 Å². The summed E-state index contributed by atoms with van der Waals surface area (Å²) in [6.45, 7) is 2.73. The summed E-state index contributed by atoms with van der Waals surface area (Å²) in [4.78, 5) is 0. The van der Waals surface area contributed by atoms with Crippen LogP contribution in [0.3, 0.4) is 0 Å². The molecule has 0 bridgehead atoms. The molecular weight excluding hydrogens is 238 g/mol. The lowest BCUT2D eigenvalue weighted by Crippen LogP contribution is -2.18. The first-order valence-electron chi connectivity index (χ1n) is 6.27. The summed E-state index contributed by atoms with van der Waals surface area (Å²) >= 11 is 0. The SMILES string of the molecule is CC(NCc1nn[nH]n1)c1ccc2ccccc2c1. The van der Waals surface area contributed by atoms with Crippen molar-refractivity contribution in [2.45, 2.75) is 19.5 Å². The molecule has 19 heavy (non-hydrogen) atoms. The standard InChI is InChI=1S/C14H15N5/c1-10(15-9-14-16-18-19-17-14)12-7-6-11-4-2-3-5-13(11)8-12/h2-8,10,15H,9H2,1H3,(H,16,17,18,19). The Hall–Kier alpha value is -2.27. The van der Waals surface area contributed by atoms with Crippen LogP contribution < -0.4 is 5.32 Å². The second-order valence-corrected chi connectivity index (χ2v) is 4.54. The van der Waals surface area contributed by atoms with Gasteiger partial charge in [-0.3, -0.25) is 0 Å². The molecule has 5 nitrogen and oxygen atoms in total. The van der Waals surface area contributed by atoms with E-state index in [1.54, 1.807) is 0 Å². The summed E-state index contributed by atoms with van der Waals surface area (Å²) in [5.41, 5.74) is 1.25. The first-order chi connectivity index (χ1) is 9.33. The molecule has 0 radical (unpaired) electrons. The smallest absolute Gasteiger partial charge is 0.188 e. The minimum Gasteiger partial charge on any atom is -0.303 e. The third-order valence-electron chi connectivity index (χ3n) is 3.23. The van der Waals surface area contributed by atoms with Crippen molar-refractivity contribution in [1.82, 2.24) is 25.9 Å². The van der Waals surface area contributed by atoms with Crippen molar-refractivity contribution >= 4 is 10.8 Å². The van der Waals surface area contributed by atoms with Crippen LogP contribution in [0.2, 0.25) is 0 Å². The highest BCUT2D eigenvalue weighted by atomic mass is 15.5. The van der Waals surface area contributed by atoms with Gasteiger partial charge in [0.1, 0.15) is 0 Å². The Morgan fingerprint density at radius 3 is 2.79 bits per heavy atom. The first kappa shape index (κ1) is 11.8. The lowest BCUT2D eigenvalue weighted by Gasteiger charge is -2.13. The molecule has 0 amide bonds. The van der Waals surface area contributed by atoms with E-state index < -0.39 is 0 Å². The molecule has 0 saturated heterocycles. The van der Waals surface area contributed by atoms with Crippen molar-refractivity contribution < 1.29 is 0 Å². The van der Waals surface area contributed by atoms with Crippen molar-refractivity contribution in [1.29, 1.82) is 0 Å². The summed E-state index contributed by atoms with van der Waals surface area (Å²) in [6, 6.07) is 15.1. The molecule has 96 valence electrons. The number of hydrogen-bond donors (Lipinski definition) is 2. The third kappa shape index (κ3) is 2.61. The van der Waals surface area contributed by atoms with Gasteiger partial charge in [-0.2, -0.15) is 5.21 Å². The summed E-state index contributed by atoms with van der Waals surface area (Å²) < 4.78 is 0. The number of aromatic amines is 1. The number of nitrogens with one attached hydrogen (secondary N) is 2. The number of aromatic nitrogens is 4. The molecule has 0 aliphatic carbocycles. The highest BCUT2D eigenvalue weighted by molar-refractivity contribution is 5.83. The molecule has 0 fully saturated rings. The fraction of sp³-hybridized carbons (Fsp3) is 0.214. The highest BCUT2D eigenvalue weighted by Crippen LogP contribution is 2.20. The molecule has 2 N–H and O–H groups in total. The molecule has 0 aliphatic heterocycles. The fourth-order valence-corrected chi connectivity index (χ4v) is 2.10. The molecule has 0 aliphatic rings. The van der Waals surface area contributed by atoms with E-state index in [9.17, 15) is 0 Å². The predicted octanol–water partition coefficient (Wildman–Crippen LogP) is 2.20. The Bertz CT molecular complexity index is 662. The maximum Gasteiger partial charge on any atom is 0.188 e. The number of rotatable bonds is 4. The van der Waals surface area contributed by atoms with E-state index in [1.165, 1.54) is 16.3 Å². The summed E-state index contributed by atoms with van der Waals surface area (Å²) in [5, 5.41) is 19.7. The molecule has 2 aromatic carbocycles. The van der Waals surface area contributed by atoms with Gasteiger partial charge in [-0.05, 0) is 29.3 Å². The van der Waals surface area contributed by atoms with Gasteiger partial charge in [0.05, 0.1) is 6.54 Å². The van der Waals surface area contributed by atoms with Crippen LogP contribution in [-0.4, -0.2) is 20.6 Å². The average molecular weight is 253 g/mol. The fourth-order valence-electron chi connectivity index (χ4n) is 2.10. The Labute approximate surface area is 111 Å². The van der Waals surface area contributed by atoms with Crippen LogP contribution in [-0.2, 0) is 6.54 Å². The van der Waals surface area contributed by atoms with Gasteiger partial charge >= 0.3 is 0 Å².